The van der Waals surface area contributed by atoms with E-state index in [2.05, 4.69) is 17.2 Å². The fraction of sp³-hybridized carbons (Fsp3) is 0.158. The minimum absolute atomic E-state index is 0.0773. The second-order valence-corrected chi connectivity index (χ2v) is 7.05. The van der Waals surface area contributed by atoms with Crippen molar-refractivity contribution in [3.63, 3.8) is 0 Å². The van der Waals surface area contributed by atoms with Crippen molar-refractivity contribution in [2.75, 3.05) is 6.61 Å². The largest absolute Gasteiger partial charge is 0.384 e. The van der Waals surface area contributed by atoms with Crippen molar-refractivity contribution in [3.05, 3.63) is 67.8 Å². The second-order valence-electron chi connectivity index (χ2n) is 5.58. The lowest BCUT2D eigenvalue weighted by Crippen LogP contribution is -2.29. The first-order valence-corrected chi connectivity index (χ1v) is 8.94. The standard InChI is InChI=1S/C19H15ClN2O3S/c1-22-11-16(18(25)21-10-12-4-6-13(20)7-5-12)17(24)15-9-14(3-2-8-23)26-19(15)22/h4-7,9,11,23H,8,10H2,1H3,(H,21,25). The molecule has 0 atom stereocenters. The third kappa shape index (κ3) is 3.81. The maximum absolute atomic E-state index is 12.7. The lowest BCUT2D eigenvalue weighted by atomic mass is 10.2. The Balaban J connectivity index is 1.89. The van der Waals surface area contributed by atoms with E-state index in [0.29, 0.717) is 21.8 Å². The molecule has 2 aromatic heterocycles. The molecule has 0 aliphatic rings. The normalized spacial score (nSPS) is 10.4. The molecule has 0 aliphatic heterocycles. The number of fused-ring (bicyclic) bond motifs is 1. The first-order valence-electron chi connectivity index (χ1n) is 7.75. The second kappa shape index (κ2) is 7.75. The summed E-state index contributed by atoms with van der Waals surface area (Å²) in [5, 5.41) is 12.6. The molecule has 26 heavy (non-hydrogen) atoms. The summed E-state index contributed by atoms with van der Waals surface area (Å²) in [6, 6.07) is 8.77. The van der Waals surface area contributed by atoms with E-state index >= 15 is 0 Å². The molecule has 7 heteroatoms. The summed E-state index contributed by atoms with van der Waals surface area (Å²) in [7, 11) is 1.78. The van der Waals surface area contributed by atoms with E-state index in [0.717, 1.165) is 10.4 Å². The Kier molecular flexibility index (Phi) is 5.43. The average Bonchev–Trinajstić information content (AvgIpc) is 3.07. The number of pyridine rings is 1. The fourth-order valence-electron chi connectivity index (χ4n) is 2.49. The molecule has 0 aliphatic carbocycles. The van der Waals surface area contributed by atoms with E-state index in [1.807, 2.05) is 12.1 Å². The summed E-state index contributed by atoms with van der Waals surface area (Å²) in [5.41, 5.74) is 0.631. The van der Waals surface area contributed by atoms with Crippen molar-refractivity contribution in [2.45, 2.75) is 6.54 Å². The van der Waals surface area contributed by atoms with Crippen LogP contribution in [0.5, 0.6) is 0 Å². The van der Waals surface area contributed by atoms with Crippen LogP contribution in [-0.4, -0.2) is 22.2 Å². The predicted molar refractivity (Wildman–Crippen MR) is 104 cm³/mol. The van der Waals surface area contributed by atoms with E-state index in [-0.39, 0.29) is 17.6 Å². The number of amides is 1. The van der Waals surface area contributed by atoms with Gasteiger partial charge >= 0.3 is 0 Å². The Labute approximate surface area is 158 Å². The lowest BCUT2D eigenvalue weighted by molar-refractivity contribution is 0.0949. The van der Waals surface area contributed by atoms with E-state index in [9.17, 15) is 9.59 Å². The van der Waals surface area contributed by atoms with Gasteiger partial charge in [0.2, 0.25) is 5.43 Å². The number of aromatic nitrogens is 1. The summed E-state index contributed by atoms with van der Waals surface area (Å²) in [6.45, 7) is 0.0526. The maximum atomic E-state index is 12.7. The number of rotatable bonds is 3. The van der Waals surface area contributed by atoms with Crippen LogP contribution in [0.4, 0.5) is 0 Å². The van der Waals surface area contributed by atoms with Gasteiger partial charge in [0, 0.05) is 24.8 Å². The zero-order chi connectivity index (χ0) is 18.7. The molecule has 5 nitrogen and oxygen atoms in total. The van der Waals surface area contributed by atoms with Crippen LogP contribution in [0.2, 0.25) is 5.02 Å². The highest BCUT2D eigenvalue weighted by Crippen LogP contribution is 2.22. The zero-order valence-electron chi connectivity index (χ0n) is 13.9. The van der Waals surface area contributed by atoms with Crippen LogP contribution in [0.15, 0.2) is 41.3 Å². The molecular weight excluding hydrogens is 372 g/mol. The smallest absolute Gasteiger partial charge is 0.257 e. The highest BCUT2D eigenvalue weighted by Gasteiger charge is 2.16. The van der Waals surface area contributed by atoms with Gasteiger partial charge in [0.05, 0.1) is 10.3 Å². The topological polar surface area (TPSA) is 71.3 Å². The van der Waals surface area contributed by atoms with Crippen LogP contribution < -0.4 is 10.7 Å². The van der Waals surface area contributed by atoms with E-state index < -0.39 is 5.91 Å². The Morgan fingerprint density at radius 2 is 2.08 bits per heavy atom. The SMILES string of the molecule is Cn1cc(C(=O)NCc2ccc(Cl)cc2)c(=O)c2cc(C#CCO)sc21. The molecule has 0 saturated carbocycles. The number of aliphatic hydroxyl groups is 1. The van der Waals surface area contributed by atoms with Crippen molar-refractivity contribution in [1.82, 2.24) is 9.88 Å². The zero-order valence-corrected chi connectivity index (χ0v) is 15.4. The van der Waals surface area contributed by atoms with Gasteiger partial charge in [-0.15, -0.1) is 11.3 Å². The predicted octanol–water partition coefficient (Wildman–Crippen LogP) is 2.53. The third-order valence-corrected chi connectivity index (χ3v) is 5.14. The molecule has 132 valence electrons. The lowest BCUT2D eigenvalue weighted by Gasteiger charge is -2.07. The van der Waals surface area contributed by atoms with Crippen molar-refractivity contribution < 1.29 is 9.90 Å². The molecular formula is C19H15ClN2O3S. The van der Waals surface area contributed by atoms with Crippen molar-refractivity contribution in [2.24, 2.45) is 7.05 Å². The molecule has 1 amide bonds. The molecule has 0 unspecified atom stereocenters. The Morgan fingerprint density at radius 3 is 2.77 bits per heavy atom. The van der Waals surface area contributed by atoms with Crippen LogP contribution in [0.1, 0.15) is 20.8 Å². The highest BCUT2D eigenvalue weighted by atomic mass is 35.5. The molecule has 0 spiro atoms. The first kappa shape index (κ1) is 18.2. The molecule has 0 bridgehead atoms. The summed E-state index contributed by atoms with van der Waals surface area (Å²) >= 11 is 7.19. The van der Waals surface area contributed by atoms with Crippen LogP contribution in [0, 0.1) is 11.8 Å². The monoisotopic (exact) mass is 386 g/mol. The van der Waals surface area contributed by atoms with E-state index in [4.69, 9.17) is 16.7 Å². The maximum Gasteiger partial charge on any atom is 0.257 e. The quantitative estimate of drug-likeness (QED) is 0.679. The van der Waals surface area contributed by atoms with Crippen LogP contribution >= 0.6 is 22.9 Å². The van der Waals surface area contributed by atoms with Crippen LogP contribution in [0.25, 0.3) is 10.2 Å². The van der Waals surface area contributed by atoms with Crippen molar-refractivity contribution >= 4 is 39.1 Å². The number of aliphatic hydroxyl groups excluding tert-OH is 1. The van der Waals surface area contributed by atoms with Gasteiger partial charge in [0.25, 0.3) is 5.91 Å². The summed E-state index contributed by atoms with van der Waals surface area (Å²) < 4.78 is 1.74. The number of hydrogen-bond donors (Lipinski definition) is 2. The number of nitrogens with zero attached hydrogens (tertiary/aromatic N) is 1. The molecule has 0 saturated heterocycles. The summed E-state index contributed by atoms with van der Waals surface area (Å²) in [6.07, 6.45) is 1.53. The number of carbonyl (C=O) groups excluding carboxylic acids is 1. The number of hydrogen-bond acceptors (Lipinski definition) is 4. The molecule has 3 rings (SSSR count). The van der Waals surface area contributed by atoms with E-state index in [1.54, 1.807) is 29.8 Å². The molecule has 2 heterocycles. The fourth-order valence-corrected chi connectivity index (χ4v) is 3.58. The van der Waals surface area contributed by atoms with Crippen molar-refractivity contribution in [1.29, 1.82) is 0 Å². The summed E-state index contributed by atoms with van der Waals surface area (Å²) in [4.78, 5) is 26.6. The first-order chi connectivity index (χ1) is 12.5. The highest BCUT2D eigenvalue weighted by molar-refractivity contribution is 7.19. The molecule has 2 N–H and O–H groups in total. The van der Waals surface area contributed by atoms with Gasteiger partial charge in [-0.2, -0.15) is 0 Å². The minimum atomic E-state index is -0.434. The number of carbonyl (C=O) groups is 1. The van der Waals surface area contributed by atoms with Gasteiger partial charge in [0.1, 0.15) is 17.0 Å². The van der Waals surface area contributed by atoms with Gasteiger partial charge in [-0.05, 0) is 23.8 Å². The Bertz CT molecular complexity index is 1090. The van der Waals surface area contributed by atoms with Gasteiger partial charge in [-0.3, -0.25) is 9.59 Å². The molecule has 1 aromatic carbocycles. The van der Waals surface area contributed by atoms with Crippen LogP contribution in [0.3, 0.4) is 0 Å². The van der Waals surface area contributed by atoms with E-state index in [1.165, 1.54) is 17.5 Å². The van der Waals surface area contributed by atoms with Gasteiger partial charge in [-0.1, -0.05) is 35.6 Å². The number of aryl methyl sites for hydroxylation is 1. The Morgan fingerprint density at radius 1 is 1.35 bits per heavy atom. The summed E-state index contributed by atoms with van der Waals surface area (Å²) in [5.74, 6) is 4.92. The van der Waals surface area contributed by atoms with Gasteiger partial charge in [-0.25, -0.2) is 0 Å². The number of benzene rings is 1. The van der Waals surface area contributed by atoms with Gasteiger partial charge in [0.15, 0.2) is 0 Å². The van der Waals surface area contributed by atoms with Gasteiger partial charge < -0.3 is 15.0 Å². The number of thiophene rings is 1. The minimum Gasteiger partial charge on any atom is -0.384 e. The molecule has 0 radical (unpaired) electrons. The number of halogens is 1. The number of nitrogens with one attached hydrogen (secondary N) is 1. The molecule has 0 fully saturated rings. The van der Waals surface area contributed by atoms with Crippen molar-refractivity contribution in [3.8, 4) is 11.8 Å². The molecule has 3 aromatic rings. The third-order valence-electron chi connectivity index (χ3n) is 3.75. The Hall–Kier alpha value is -2.59. The average molecular weight is 387 g/mol. The van der Waals surface area contributed by atoms with Crippen LogP contribution in [-0.2, 0) is 13.6 Å².